The highest BCUT2D eigenvalue weighted by Gasteiger charge is 2.10. The molecular formula is C12H18O2Si. The average molecular weight is 222 g/mol. The standard InChI is InChI=1S/C12H18O2Si/c1-9(2)10-7-5-6-8-11(10)15-12(13-3)14-4/h5-8,12H,1,15H2,2-4H3. The van der Waals surface area contributed by atoms with Gasteiger partial charge in [0.2, 0.25) is 0 Å². The first kappa shape index (κ1) is 12.2. The zero-order valence-corrected chi connectivity index (χ0v) is 11.0. The predicted octanol–water partition coefficient (Wildman–Crippen LogP) is 1.09. The Morgan fingerprint density at radius 2 is 1.87 bits per heavy atom. The fourth-order valence-electron chi connectivity index (χ4n) is 1.56. The maximum atomic E-state index is 5.25. The summed E-state index contributed by atoms with van der Waals surface area (Å²) in [7, 11) is 2.80. The summed E-state index contributed by atoms with van der Waals surface area (Å²) in [6.45, 7) is 6.02. The number of allylic oxidation sites excluding steroid dienone is 1. The minimum absolute atomic E-state index is 0.0505. The van der Waals surface area contributed by atoms with E-state index in [-0.39, 0.29) is 5.91 Å². The Bertz CT molecular complexity index is 332. The molecule has 0 atom stereocenters. The van der Waals surface area contributed by atoms with Gasteiger partial charge < -0.3 is 9.47 Å². The van der Waals surface area contributed by atoms with Crippen LogP contribution in [0.15, 0.2) is 30.8 Å². The number of hydrogen-bond donors (Lipinski definition) is 0. The van der Waals surface area contributed by atoms with Crippen molar-refractivity contribution in [3.8, 4) is 0 Å². The van der Waals surface area contributed by atoms with Crippen LogP contribution in [0.2, 0.25) is 0 Å². The third kappa shape index (κ3) is 3.30. The van der Waals surface area contributed by atoms with E-state index in [4.69, 9.17) is 9.47 Å². The van der Waals surface area contributed by atoms with E-state index in [1.807, 2.05) is 13.0 Å². The Morgan fingerprint density at radius 3 is 2.40 bits per heavy atom. The van der Waals surface area contributed by atoms with E-state index < -0.39 is 9.52 Å². The number of methoxy groups -OCH3 is 2. The Morgan fingerprint density at radius 1 is 1.27 bits per heavy atom. The normalized spacial score (nSPS) is 11.5. The van der Waals surface area contributed by atoms with E-state index >= 15 is 0 Å². The van der Waals surface area contributed by atoms with Crippen LogP contribution in [0.3, 0.4) is 0 Å². The maximum absolute atomic E-state index is 5.25. The number of benzene rings is 1. The van der Waals surface area contributed by atoms with Gasteiger partial charge in [-0.2, -0.15) is 0 Å². The molecule has 0 fully saturated rings. The molecule has 0 bridgehead atoms. The van der Waals surface area contributed by atoms with Gasteiger partial charge in [-0.25, -0.2) is 0 Å². The van der Waals surface area contributed by atoms with Crippen LogP contribution in [0.25, 0.3) is 5.57 Å². The van der Waals surface area contributed by atoms with Crippen LogP contribution in [0.1, 0.15) is 12.5 Å². The van der Waals surface area contributed by atoms with Gasteiger partial charge >= 0.3 is 0 Å². The van der Waals surface area contributed by atoms with Crippen molar-refractivity contribution in [2.75, 3.05) is 14.2 Å². The molecule has 0 aliphatic heterocycles. The van der Waals surface area contributed by atoms with Gasteiger partial charge in [-0.1, -0.05) is 41.6 Å². The van der Waals surface area contributed by atoms with Crippen molar-refractivity contribution in [2.45, 2.75) is 12.8 Å². The molecule has 0 aromatic heterocycles. The zero-order valence-electron chi connectivity index (χ0n) is 9.62. The van der Waals surface area contributed by atoms with Crippen molar-refractivity contribution in [1.29, 1.82) is 0 Å². The van der Waals surface area contributed by atoms with E-state index in [9.17, 15) is 0 Å². The van der Waals surface area contributed by atoms with Gasteiger partial charge in [-0.3, -0.25) is 0 Å². The zero-order chi connectivity index (χ0) is 11.3. The fraction of sp³-hybridized carbons (Fsp3) is 0.333. The summed E-state index contributed by atoms with van der Waals surface area (Å²) in [4.78, 5) is 0. The van der Waals surface area contributed by atoms with Gasteiger partial charge in [0.1, 0.15) is 15.4 Å². The molecule has 0 heterocycles. The van der Waals surface area contributed by atoms with Gasteiger partial charge in [0.05, 0.1) is 0 Å². The Balaban J connectivity index is 2.88. The first-order valence-electron chi connectivity index (χ1n) is 4.98. The van der Waals surface area contributed by atoms with E-state index in [1.54, 1.807) is 14.2 Å². The van der Waals surface area contributed by atoms with Gasteiger partial charge in [-0.05, 0) is 12.5 Å². The molecule has 1 aromatic rings. The van der Waals surface area contributed by atoms with Crippen LogP contribution < -0.4 is 5.19 Å². The molecule has 0 saturated heterocycles. The molecule has 1 aromatic carbocycles. The molecule has 0 spiro atoms. The molecule has 15 heavy (non-hydrogen) atoms. The molecule has 0 unspecified atom stereocenters. The average Bonchev–Trinajstić information content (AvgIpc) is 2.26. The number of hydrogen-bond acceptors (Lipinski definition) is 2. The monoisotopic (exact) mass is 222 g/mol. The molecule has 0 aliphatic carbocycles. The van der Waals surface area contributed by atoms with Crippen LogP contribution in [0, 0.1) is 0 Å². The highest BCUT2D eigenvalue weighted by molar-refractivity contribution is 6.55. The molecule has 0 N–H and O–H groups in total. The van der Waals surface area contributed by atoms with Crippen molar-refractivity contribution in [3.63, 3.8) is 0 Å². The summed E-state index contributed by atoms with van der Waals surface area (Å²) in [6, 6.07) is 8.34. The quantitative estimate of drug-likeness (QED) is 0.548. The molecule has 0 radical (unpaired) electrons. The van der Waals surface area contributed by atoms with E-state index in [1.165, 1.54) is 10.8 Å². The Hall–Kier alpha value is -0.903. The van der Waals surface area contributed by atoms with Crippen molar-refractivity contribution >= 4 is 20.3 Å². The van der Waals surface area contributed by atoms with E-state index in [0.29, 0.717) is 0 Å². The molecule has 3 heteroatoms. The minimum atomic E-state index is -0.574. The van der Waals surface area contributed by atoms with Crippen molar-refractivity contribution in [1.82, 2.24) is 0 Å². The molecule has 2 nitrogen and oxygen atoms in total. The number of ether oxygens (including phenoxy) is 2. The molecule has 0 saturated carbocycles. The van der Waals surface area contributed by atoms with Gasteiger partial charge in [-0.15, -0.1) is 0 Å². The lowest BCUT2D eigenvalue weighted by atomic mass is 10.1. The second kappa shape index (κ2) is 5.85. The van der Waals surface area contributed by atoms with Crippen LogP contribution in [-0.4, -0.2) is 29.7 Å². The molecular weight excluding hydrogens is 204 g/mol. The lowest BCUT2D eigenvalue weighted by Gasteiger charge is -2.15. The molecule has 0 amide bonds. The second-order valence-electron chi connectivity index (χ2n) is 3.54. The lowest BCUT2D eigenvalue weighted by Crippen LogP contribution is -2.32. The molecule has 82 valence electrons. The summed E-state index contributed by atoms with van der Waals surface area (Å²) < 4.78 is 10.5. The number of rotatable bonds is 5. The van der Waals surface area contributed by atoms with Crippen LogP contribution in [0.5, 0.6) is 0 Å². The molecule has 1 rings (SSSR count). The molecule has 0 aliphatic rings. The smallest absolute Gasteiger partial charge is 0.139 e. The van der Waals surface area contributed by atoms with Gasteiger partial charge in [0.25, 0.3) is 0 Å². The van der Waals surface area contributed by atoms with Crippen molar-refractivity contribution in [2.24, 2.45) is 0 Å². The van der Waals surface area contributed by atoms with Crippen LogP contribution >= 0.6 is 0 Å². The second-order valence-corrected chi connectivity index (χ2v) is 5.38. The van der Waals surface area contributed by atoms with Gasteiger partial charge in [0, 0.05) is 14.2 Å². The summed E-state index contributed by atoms with van der Waals surface area (Å²) in [6.07, 6.45) is 0. The van der Waals surface area contributed by atoms with Crippen LogP contribution in [0.4, 0.5) is 0 Å². The van der Waals surface area contributed by atoms with E-state index in [0.717, 1.165) is 5.57 Å². The summed E-state index contributed by atoms with van der Waals surface area (Å²) in [5.41, 5.74) is 2.34. The third-order valence-electron chi connectivity index (χ3n) is 2.39. The summed E-state index contributed by atoms with van der Waals surface area (Å²) in [5.74, 6) is -0.0505. The first-order chi connectivity index (χ1) is 7.19. The third-order valence-corrected chi connectivity index (χ3v) is 4.45. The Kier molecular flexibility index (Phi) is 4.75. The maximum Gasteiger partial charge on any atom is 0.139 e. The van der Waals surface area contributed by atoms with E-state index in [2.05, 4.69) is 24.8 Å². The topological polar surface area (TPSA) is 18.5 Å². The van der Waals surface area contributed by atoms with Gasteiger partial charge in [0.15, 0.2) is 0 Å². The fourth-order valence-corrected chi connectivity index (χ4v) is 3.16. The predicted molar refractivity (Wildman–Crippen MR) is 67.1 cm³/mol. The largest absolute Gasteiger partial charge is 0.360 e. The Labute approximate surface area is 93.7 Å². The van der Waals surface area contributed by atoms with Crippen LogP contribution in [-0.2, 0) is 9.47 Å². The summed E-state index contributed by atoms with van der Waals surface area (Å²) in [5, 5.41) is 1.35. The highest BCUT2D eigenvalue weighted by atomic mass is 28.2. The van der Waals surface area contributed by atoms with Crippen molar-refractivity contribution < 1.29 is 9.47 Å². The van der Waals surface area contributed by atoms with Crippen molar-refractivity contribution in [3.05, 3.63) is 36.4 Å². The highest BCUT2D eigenvalue weighted by Crippen LogP contribution is 2.08. The summed E-state index contributed by atoms with van der Waals surface area (Å²) >= 11 is 0. The first-order valence-corrected chi connectivity index (χ1v) is 6.50. The minimum Gasteiger partial charge on any atom is -0.360 e. The lowest BCUT2D eigenvalue weighted by molar-refractivity contribution is -0.0429. The SMILES string of the molecule is C=C(C)c1ccccc1[SiH2]C(OC)OC.